The first-order valence-electron chi connectivity index (χ1n) is 9.32. The number of benzene rings is 2. The van der Waals surface area contributed by atoms with Crippen LogP contribution in [0.5, 0.6) is 0 Å². The molecule has 3 heteroatoms. The Bertz CT molecular complexity index is 805. The van der Waals surface area contributed by atoms with Crippen molar-refractivity contribution in [2.24, 2.45) is 0 Å². The second kappa shape index (κ2) is 8.59. The van der Waals surface area contributed by atoms with Gasteiger partial charge in [-0.3, -0.25) is 0 Å². The number of carbonyl (C=O) groups is 1. The van der Waals surface area contributed by atoms with Gasteiger partial charge in [0.05, 0.1) is 12.2 Å². The molecule has 0 saturated carbocycles. The van der Waals surface area contributed by atoms with Crippen molar-refractivity contribution in [2.45, 2.75) is 50.2 Å². The summed E-state index contributed by atoms with van der Waals surface area (Å²) >= 11 is 2.00. The molecule has 0 radical (unpaired) electrons. The number of hydrogen-bond donors (Lipinski definition) is 0. The summed E-state index contributed by atoms with van der Waals surface area (Å²) in [4.78, 5) is 13.2. The van der Waals surface area contributed by atoms with E-state index in [0.717, 1.165) is 5.56 Å². The molecule has 0 bridgehead atoms. The van der Waals surface area contributed by atoms with E-state index in [4.69, 9.17) is 4.74 Å². The molecule has 1 atom stereocenters. The first kappa shape index (κ1) is 18.8. The number of rotatable bonds is 4. The first-order chi connectivity index (χ1) is 12.6. The number of hydrogen-bond acceptors (Lipinski definition) is 3. The summed E-state index contributed by atoms with van der Waals surface area (Å²) in [6.07, 6.45) is 5.89. The highest BCUT2D eigenvalue weighted by Crippen LogP contribution is 2.35. The average molecular weight is 367 g/mol. The molecule has 2 aromatic rings. The highest BCUT2D eigenvalue weighted by Gasteiger charge is 2.14. The fourth-order valence-electron chi connectivity index (χ4n) is 3.25. The van der Waals surface area contributed by atoms with E-state index >= 15 is 0 Å². The van der Waals surface area contributed by atoms with Crippen LogP contribution in [-0.2, 0) is 11.2 Å². The summed E-state index contributed by atoms with van der Waals surface area (Å²) in [5.74, 6) is -0.266. The number of esters is 1. The highest BCUT2D eigenvalue weighted by atomic mass is 32.2. The van der Waals surface area contributed by atoms with Gasteiger partial charge in [0, 0.05) is 10.1 Å². The molecule has 1 unspecified atom stereocenters. The van der Waals surface area contributed by atoms with Crippen molar-refractivity contribution in [3.8, 4) is 0 Å². The minimum Gasteiger partial charge on any atom is -0.462 e. The number of aryl methyl sites for hydroxylation is 1. The Morgan fingerprint density at radius 1 is 1.19 bits per heavy atom. The van der Waals surface area contributed by atoms with E-state index in [9.17, 15) is 4.79 Å². The zero-order chi connectivity index (χ0) is 18.5. The molecule has 0 aromatic heterocycles. The maximum Gasteiger partial charge on any atom is 0.338 e. The van der Waals surface area contributed by atoms with Gasteiger partial charge >= 0.3 is 5.97 Å². The summed E-state index contributed by atoms with van der Waals surface area (Å²) in [6, 6.07) is 14.4. The Balaban J connectivity index is 1.79. The number of ether oxygens (including phenoxy) is 1. The van der Waals surface area contributed by atoms with E-state index in [1.165, 1.54) is 40.9 Å². The van der Waals surface area contributed by atoms with Gasteiger partial charge in [0.2, 0.25) is 0 Å². The van der Waals surface area contributed by atoms with Gasteiger partial charge in [-0.2, -0.15) is 0 Å². The zero-order valence-electron chi connectivity index (χ0n) is 15.7. The van der Waals surface area contributed by atoms with Crippen LogP contribution < -0.4 is 0 Å². The van der Waals surface area contributed by atoms with E-state index in [2.05, 4.69) is 38.1 Å². The minimum atomic E-state index is -0.266. The summed E-state index contributed by atoms with van der Waals surface area (Å²) in [7, 11) is 0. The predicted octanol–water partition coefficient (Wildman–Crippen LogP) is 6.24. The Hall–Kier alpha value is -2.00. The van der Waals surface area contributed by atoms with Gasteiger partial charge in [0.25, 0.3) is 0 Å². The predicted molar refractivity (Wildman–Crippen MR) is 111 cm³/mol. The smallest absolute Gasteiger partial charge is 0.338 e. The standard InChI is InChI=1S/C23H26O2S/c1-4-25-23(24)19-10-8-18(9-11-19)14-16(2)20-12-13-22-21(15-20)7-5-6-17(3)26-22/h8-15,17H,4-7H2,1-3H3. The van der Waals surface area contributed by atoms with Crippen molar-refractivity contribution in [1.29, 1.82) is 0 Å². The molecule has 0 amide bonds. The molecule has 0 N–H and O–H groups in total. The van der Waals surface area contributed by atoms with Gasteiger partial charge in [0.1, 0.15) is 0 Å². The third-order valence-corrected chi connectivity index (χ3v) is 6.00. The lowest BCUT2D eigenvalue weighted by molar-refractivity contribution is 0.0526. The van der Waals surface area contributed by atoms with Crippen LogP contribution in [0.15, 0.2) is 47.4 Å². The third-order valence-electron chi connectivity index (χ3n) is 4.71. The van der Waals surface area contributed by atoms with Crippen LogP contribution >= 0.6 is 11.8 Å². The molecule has 2 nitrogen and oxygen atoms in total. The van der Waals surface area contributed by atoms with Crippen LogP contribution in [0.2, 0.25) is 0 Å². The summed E-state index contributed by atoms with van der Waals surface area (Å²) in [5, 5.41) is 0.705. The molecule has 0 spiro atoms. The van der Waals surface area contributed by atoms with Crippen molar-refractivity contribution in [3.05, 3.63) is 64.7 Å². The Kier molecular flexibility index (Phi) is 6.20. The summed E-state index contributed by atoms with van der Waals surface area (Å²) in [5.41, 5.74) is 5.67. The molecular weight excluding hydrogens is 340 g/mol. The fourth-order valence-corrected chi connectivity index (χ4v) is 4.43. The van der Waals surface area contributed by atoms with Gasteiger partial charge < -0.3 is 4.74 Å². The van der Waals surface area contributed by atoms with Crippen molar-refractivity contribution in [3.63, 3.8) is 0 Å². The van der Waals surface area contributed by atoms with E-state index in [1.807, 2.05) is 43.0 Å². The Morgan fingerprint density at radius 3 is 2.65 bits per heavy atom. The maximum absolute atomic E-state index is 11.7. The third kappa shape index (κ3) is 4.59. The highest BCUT2D eigenvalue weighted by molar-refractivity contribution is 8.00. The fraction of sp³-hybridized carbons (Fsp3) is 0.348. The first-order valence-corrected chi connectivity index (χ1v) is 10.2. The largest absolute Gasteiger partial charge is 0.462 e. The maximum atomic E-state index is 11.7. The molecule has 0 aliphatic carbocycles. The molecule has 1 aliphatic rings. The zero-order valence-corrected chi connectivity index (χ0v) is 16.6. The molecule has 0 saturated heterocycles. The van der Waals surface area contributed by atoms with E-state index < -0.39 is 0 Å². The summed E-state index contributed by atoms with van der Waals surface area (Å²) < 4.78 is 5.03. The Morgan fingerprint density at radius 2 is 1.92 bits per heavy atom. The minimum absolute atomic E-state index is 0.266. The number of allylic oxidation sites excluding steroid dienone is 1. The van der Waals surface area contributed by atoms with Crippen LogP contribution in [0.3, 0.4) is 0 Å². The van der Waals surface area contributed by atoms with Gasteiger partial charge in [0.15, 0.2) is 0 Å². The van der Waals surface area contributed by atoms with E-state index in [-0.39, 0.29) is 5.97 Å². The molecule has 0 fully saturated rings. The molecule has 136 valence electrons. The Labute approximate surface area is 160 Å². The molecule has 2 aromatic carbocycles. The SMILES string of the molecule is CCOC(=O)c1ccc(C=C(C)c2ccc3c(c2)CCCC(C)S3)cc1. The molecule has 1 aliphatic heterocycles. The monoisotopic (exact) mass is 366 g/mol. The molecular formula is C23H26O2S. The lowest BCUT2D eigenvalue weighted by atomic mass is 9.99. The lowest BCUT2D eigenvalue weighted by Crippen LogP contribution is -2.03. The van der Waals surface area contributed by atoms with E-state index in [1.54, 1.807) is 0 Å². The van der Waals surface area contributed by atoms with Gasteiger partial charge in [-0.15, -0.1) is 11.8 Å². The average Bonchev–Trinajstić information content (AvgIpc) is 2.82. The molecule has 3 rings (SSSR count). The second-order valence-electron chi connectivity index (χ2n) is 6.81. The van der Waals surface area contributed by atoms with Gasteiger partial charge in [-0.05, 0) is 73.6 Å². The van der Waals surface area contributed by atoms with Crippen LogP contribution in [0.25, 0.3) is 11.6 Å². The van der Waals surface area contributed by atoms with Gasteiger partial charge in [-0.25, -0.2) is 4.79 Å². The summed E-state index contributed by atoms with van der Waals surface area (Å²) in [6.45, 7) is 6.68. The number of thioether (sulfide) groups is 1. The van der Waals surface area contributed by atoms with Crippen LogP contribution in [0.4, 0.5) is 0 Å². The van der Waals surface area contributed by atoms with Crippen LogP contribution in [-0.4, -0.2) is 17.8 Å². The van der Waals surface area contributed by atoms with Crippen molar-refractivity contribution in [2.75, 3.05) is 6.61 Å². The number of carbonyl (C=O) groups excluding carboxylic acids is 1. The quantitative estimate of drug-likeness (QED) is 0.473. The van der Waals surface area contributed by atoms with Crippen LogP contribution in [0, 0.1) is 0 Å². The lowest BCUT2D eigenvalue weighted by Gasteiger charge is -2.11. The van der Waals surface area contributed by atoms with E-state index in [0.29, 0.717) is 17.4 Å². The van der Waals surface area contributed by atoms with Crippen molar-refractivity contribution >= 4 is 29.4 Å². The molecule has 1 heterocycles. The molecule has 26 heavy (non-hydrogen) atoms. The second-order valence-corrected chi connectivity index (χ2v) is 8.29. The topological polar surface area (TPSA) is 26.3 Å². The van der Waals surface area contributed by atoms with Crippen LogP contribution in [0.1, 0.15) is 60.7 Å². The normalized spacial score (nSPS) is 17.3. The van der Waals surface area contributed by atoms with Crippen molar-refractivity contribution in [1.82, 2.24) is 0 Å². The van der Waals surface area contributed by atoms with Crippen molar-refractivity contribution < 1.29 is 9.53 Å². The number of fused-ring (bicyclic) bond motifs is 1. The van der Waals surface area contributed by atoms with Gasteiger partial charge in [-0.1, -0.05) is 37.3 Å².